The number of rotatable bonds is 2. The highest BCUT2D eigenvalue weighted by atomic mass is 19.4. The van der Waals surface area contributed by atoms with Crippen LogP contribution in [-0.4, -0.2) is 12.3 Å². The van der Waals surface area contributed by atoms with Crippen LogP contribution in [0.1, 0.15) is 10.4 Å². The summed E-state index contributed by atoms with van der Waals surface area (Å²) >= 11 is 0. The van der Waals surface area contributed by atoms with Gasteiger partial charge in [0.25, 0.3) is 5.91 Å². The second-order valence-electron chi connectivity index (χ2n) is 2.53. The molecule has 0 heterocycles. The van der Waals surface area contributed by atoms with Crippen molar-refractivity contribution in [3.8, 4) is 5.75 Å². The van der Waals surface area contributed by atoms with Gasteiger partial charge in [-0.1, -0.05) is 6.07 Å². The quantitative estimate of drug-likeness (QED) is 0.777. The van der Waals surface area contributed by atoms with Crippen molar-refractivity contribution < 1.29 is 27.1 Å². The number of para-hydroxylation sites is 1. The summed E-state index contributed by atoms with van der Waals surface area (Å²) in [6, 6.07) is 2.72. The summed E-state index contributed by atoms with van der Waals surface area (Å²) < 4.78 is 51.7. The van der Waals surface area contributed by atoms with Crippen molar-refractivity contribution in [1.82, 2.24) is 0 Å². The summed E-state index contributed by atoms with van der Waals surface area (Å²) in [5, 5.41) is 0. The molecule has 1 aromatic rings. The standard InChI is InChI=1S/C8H5F4NO2/c9-5-3-1-2-4(7(13)14)6(5)15-8(10,11)12/h1-3H,(H2,13,14). The molecule has 0 spiro atoms. The minimum absolute atomic E-state index is 0.660. The van der Waals surface area contributed by atoms with Gasteiger partial charge in [0.15, 0.2) is 11.6 Å². The number of amides is 1. The lowest BCUT2D eigenvalue weighted by Gasteiger charge is -2.11. The lowest BCUT2D eigenvalue weighted by Crippen LogP contribution is -2.21. The molecule has 0 bridgehead atoms. The van der Waals surface area contributed by atoms with E-state index in [0.29, 0.717) is 0 Å². The van der Waals surface area contributed by atoms with Gasteiger partial charge in [-0.3, -0.25) is 4.79 Å². The predicted octanol–water partition coefficient (Wildman–Crippen LogP) is 1.82. The van der Waals surface area contributed by atoms with E-state index >= 15 is 0 Å². The fourth-order valence-corrected chi connectivity index (χ4v) is 0.922. The molecule has 0 saturated carbocycles. The van der Waals surface area contributed by atoms with Crippen LogP contribution >= 0.6 is 0 Å². The van der Waals surface area contributed by atoms with Crippen molar-refractivity contribution in [2.75, 3.05) is 0 Å². The van der Waals surface area contributed by atoms with Crippen LogP contribution in [0.4, 0.5) is 17.6 Å². The van der Waals surface area contributed by atoms with Gasteiger partial charge in [0.1, 0.15) is 0 Å². The number of carbonyl (C=O) groups excluding carboxylic acids is 1. The number of nitrogens with two attached hydrogens (primary N) is 1. The van der Waals surface area contributed by atoms with Crippen LogP contribution in [0.15, 0.2) is 18.2 Å². The Kier molecular flexibility index (Phi) is 2.83. The zero-order chi connectivity index (χ0) is 11.6. The van der Waals surface area contributed by atoms with Gasteiger partial charge in [-0.15, -0.1) is 13.2 Å². The molecule has 0 aliphatic rings. The first-order valence-electron chi connectivity index (χ1n) is 3.65. The molecule has 0 saturated heterocycles. The summed E-state index contributed by atoms with van der Waals surface area (Å²) in [7, 11) is 0. The Balaban J connectivity index is 3.19. The van der Waals surface area contributed by atoms with E-state index in [2.05, 4.69) is 4.74 Å². The molecule has 0 aliphatic carbocycles. The Morgan fingerprint density at radius 3 is 2.40 bits per heavy atom. The monoisotopic (exact) mass is 223 g/mol. The molecule has 0 aromatic heterocycles. The maximum absolute atomic E-state index is 12.9. The van der Waals surface area contributed by atoms with E-state index in [1.54, 1.807) is 0 Å². The molecule has 1 aromatic carbocycles. The van der Waals surface area contributed by atoms with Gasteiger partial charge < -0.3 is 10.5 Å². The van der Waals surface area contributed by atoms with Crippen LogP contribution in [0.25, 0.3) is 0 Å². The molecule has 0 unspecified atom stereocenters. The third kappa shape index (κ3) is 2.83. The zero-order valence-electron chi connectivity index (χ0n) is 7.14. The SMILES string of the molecule is NC(=O)c1cccc(F)c1OC(F)(F)F. The van der Waals surface area contributed by atoms with Gasteiger partial charge in [0.2, 0.25) is 0 Å². The number of carbonyl (C=O) groups is 1. The van der Waals surface area contributed by atoms with Crippen molar-refractivity contribution in [2.45, 2.75) is 6.36 Å². The molecule has 82 valence electrons. The fourth-order valence-electron chi connectivity index (χ4n) is 0.922. The average molecular weight is 223 g/mol. The van der Waals surface area contributed by atoms with Crippen molar-refractivity contribution in [2.24, 2.45) is 5.73 Å². The van der Waals surface area contributed by atoms with E-state index < -0.39 is 29.4 Å². The number of benzene rings is 1. The first-order valence-corrected chi connectivity index (χ1v) is 3.65. The van der Waals surface area contributed by atoms with E-state index in [0.717, 1.165) is 18.2 Å². The zero-order valence-corrected chi connectivity index (χ0v) is 7.14. The summed E-state index contributed by atoms with van der Waals surface area (Å²) in [6.07, 6.45) is -5.08. The van der Waals surface area contributed by atoms with Crippen molar-refractivity contribution in [3.05, 3.63) is 29.6 Å². The largest absolute Gasteiger partial charge is 0.573 e. The number of alkyl halides is 3. The summed E-state index contributed by atoms with van der Waals surface area (Å²) in [5.41, 5.74) is 4.09. The van der Waals surface area contributed by atoms with Gasteiger partial charge in [0.05, 0.1) is 5.56 Å². The third-order valence-corrected chi connectivity index (χ3v) is 1.45. The van der Waals surface area contributed by atoms with Crippen molar-refractivity contribution in [3.63, 3.8) is 0 Å². The Morgan fingerprint density at radius 1 is 1.33 bits per heavy atom. The van der Waals surface area contributed by atoms with Crippen molar-refractivity contribution >= 4 is 5.91 Å². The van der Waals surface area contributed by atoms with E-state index in [9.17, 15) is 22.4 Å². The first kappa shape index (κ1) is 11.3. The highest BCUT2D eigenvalue weighted by Crippen LogP contribution is 2.28. The predicted molar refractivity (Wildman–Crippen MR) is 41.6 cm³/mol. The molecule has 0 radical (unpaired) electrons. The topological polar surface area (TPSA) is 52.3 Å². The molecule has 0 aliphatic heterocycles. The number of halogens is 4. The number of hydrogen-bond donors (Lipinski definition) is 1. The minimum Gasteiger partial charge on any atom is -0.402 e. The van der Waals surface area contributed by atoms with Crippen LogP contribution in [0.3, 0.4) is 0 Å². The van der Waals surface area contributed by atoms with E-state index in [1.165, 1.54) is 0 Å². The lowest BCUT2D eigenvalue weighted by atomic mass is 10.2. The van der Waals surface area contributed by atoms with Crippen molar-refractivity contribution in [1.29, 1.82) is 0 Å². The lowest BCUT2D eigenvalue weighted by molar-refractivity contribution is -0.275. The van der Waals surface area contributed by atoms with Crippen LogP contribution in [0.2, 0.25) is 0 Å². The van der Waals surface area contributed by atoms with E-state index in [1.807, 2.05) is 0 Å². The molecule has 0 atom stereocenters. The number of hydrogen-bond acceptors (Lipinski definition) is 2. The van der Waals surface area contributed by atoms with Gasteiger partial charge in [-0.25, -0.2) is 4.39 Å². The Hall–Kier alpha value is -1.79. The van der Waals surface area contributed by atoms with Gasteiger partial charge in [-0.05, 0) is 12.1 Å². The van der Waals surface area contributed by atoms with Crippen LogP contribution in [-0.2, 0) is 0 Å². The summed E-state index contributed by atoms with van der Waals surface area (Å²) in [6.45, 7) is 0. The second-order valence-corrected chi connectivity index (χ2v) is 2.53. The Bertz CT molecular complexity index is 389. The molecule has 3 nitrogen and oxygen atoms in total. The minimum atomic E-state index is -5.08. The Morgan fingerprint density at radius 2 is 1.93 bits per heavy atom. The van der Waals surface area contributed by atoms with Crippen LogP contribution in [0, 0.1) is 5.82 Å². The highest BCUT2D eigenvalue weighted by molar-refractivity contribution is 5.95. The van der Waals surface area contributed by atoms with Crippen LogP contribution in [0.5, 0.6) is 5.75 Å². The van der Waals surface area contributed by atoms with Gasteiger partial charge in [0, 0.05) is 0 Å². The van der Waals surface area contributed by atoms with Gasteiger partial charge in [-0.2, -0.15) is 0 Å². The molecule has 7 heteroatoms. The molecular weight excluding hydrogens is 218 g/mol. The van der Waals surface area contributed by atoms with E-state index in [4.69, 9.17) is 5.73 Å². The summed E-state index contributed by atoms with van der Waals surface area (Å²) in [4.78, 5) is 10.7. The highest BCUT2D eigenvalue weighted by Gasteiger charge is 2.34. The Labute approximate surface area is 81.4 Å². The molecule has 15 heavy (non-hydrogen) atoms. The maximum atomic E-state index is 12.9. The second kappa shape index (κ2) is 3.76. The molecule has 1 rings (SSSR count). The smallest absolute Gasteiger partial charge is 0.402 e. The van der Waals surface area contributed by atoms with Crippen LogP contribution < -0.4 is 10.5 Å². The molecular formula is C8H5F4NO2. The first-order chi connectivity index (χ1) is 6.81. The molecule has 0 fully saturated rings. The maximum Gasteiger partial charge on any atom is 0.573 e. The fraction of sp³-hybridized carbons (Fsp3) is 0.125. The average Bonchev–Trinajstić information content (AvgIpc) is 2.05. The normalized spacial score (nSPS) is 11.2. The van der Waals surface area contributed by atoms with Gasteiger partial charge >= 0.3 is 6.36 Å². The summed E-state index contributed by atoms with van der Waals surface area (Å²) in [5.74, 6) is -3.71. The molecule has 1 amide bonds. The number of primary amides is 1. The third-order valence-electron chi connectivity index (χ3n) is 1.45. The number of ether oxygens (including phenoxy) is 1. The van der Waals surface area contributed by atoms with E-state index in [-0.39, 0.29) is 0 Å². The molecule has 2 N–H and O–H groups in total.